The highest BCUT2D eigenvalue weighted by Crippen LogP contribution is 2.45. The molecule has 2 heterocycles. The topological polar surface area (TPSA) is 105 Å². The minimum Gasteiger partial charge on any atom is -0.451 e. The van der Waals surface area contributed by atoms with Crippen molar-refractivity contribution in [1.29, 1.82) is 0 Å². The van der Waals surface area contributed by atoms with Crippen LogP contribution in [0, 0.1) is 0 Å². The summed E-state index contributed by atoms with van der Waals surface area (Å²) < 4.78 is 18.9. The number of fused-ring (bicyclic) bond motifs is 1. The first kappa shape index (κ1) is 21.6. The zero-order chi connectivity index (χ0) is 22.6. The van der Waals surface area contributed by atoms with Crippen molar-refractivity contribution in [3.63, 3.8) is 0 Å². The van der Waals surface area contributed by atoms with Crippen molar-refractivity contribution in [3.8, 4) is 5.75 Å². The molecule has 166 valence electrons. The summed E-state index contributed by atoms with van der Waals surface area (Å²) in [5.41, 5.74) is 0.568. The minimum absolute atomic E-state index is 0.296. The molecule has 9 nitrogen and oxygen atoms in total. The van der Waals surface area contributed by atoms with Crippen LogP contribution in [0.3, 0.4) is 0 Å². The van der Waals surface area contributed by atoms with Gasteiger partial charge >= 0.3 is 12.1 Å². The molecular formula is C21H25BrN4O5. The summed E-state index contributed by atoms with van der Waals surface area (Å²) in [5, 5.41) is 11.4. The summed E-state index contributed by atoms with van der Waals surface area (Å²) in [7, 11) is 0. The number of hydrogen-bond donors (Lipinski definition) is 1. The van der Waals surface area contributed by atoms with Crippen LogP contribution >= 0.6 is 15.9 Å². The molecule has 31 heavy (non-hydrogen) atoms. The van der Waals surface area contributed by atoms with Crippen molar-refractivity contribution < 1.29 is 23.8 Å². The summed E-state index contributed by atoms with van der Waals surface area (Å²) in [6.07, 6.45) is 2.81. The maximum Gasteiger partial charge on any atom is 0.408 e. The summed E-state index contributed by atoms with van der Waals surface area (Å²) in [5.74, 6) is -1.05. The van der Waals surface area contributed by atoms with Crippen molar-refractivity contribution >= 4 is 28.0 Å². The second-order valence-corrected chi connectivity index (χ2v) is 10.2. The molecule has 4 rings (SSSR count). The van der Waals surface area contributed by atoms with Crippen LogP contribution in [0.4, 0.5) is 4.79 Å². The molecule has 0 unspecified atom stereocenters. The van der Waals surface area contributed by atoms with E-state index in [0.29, 0.717) is 33.6 Å². The number of amides is 1. The first-order valence-corrected chi connectivity index (χ1v) is 10.8. The van der Waals surface area contributed by atoms with E-state index in [1.165, 1.54) is 0 Å². The Labute approximate surface area is 188 Å². The summed E-state index contributed by atoms with van der Waals surface area (Å²) >= 11 is 3.44. The number of rotatable bonds is 4. The average molecular weight is 493 g/mol. The van der Waals surface area contributed by atoms with E-state index in [4.69, 9.17) is 14.2 Å². The van der Waals surface area contributed by atoms with Crippen LogP contribution in [0.2, 0.25) is 0 Å². The predicted molar refractivity (Wildman–Crippen MR) is 114 cm³/mol. The number of nitrogens with zero attached hydrogens (tertiary/aromatic N) is 3. The Balaban J connectivity index is 1.54. The Hall–Kier alpha value is -2.62. The normalized spacial score (nSPS) is 18.5. The van der Waals surface area contributed by atoms with Crippen LogP contribution < -0.4 is 10.1 Å². The second-order valence-electron chi connectivity index (χ2n) is 9.31. The third kappa shape index (κ3) is 4.53. The Morgan fingerprint density at radius 3 is 2.65 bits per heavy atom. The first-order chi connectivity index (χ1) is 14.4. The van der Waals surface area contributed by atoms with Gasteiger partial charge in [0.15, 0.2) is 5.75 Å². The lowest BCUT2D eigenvalue weighted by molar-refractivity contribution is -0.127. The van der Waals surface area contributed by atoms with Gasteiger partial charge in [0.05, 0.1) is 22.8 Å². The first-order valence-electron chi connectivity index (χ1n) is 10.0. The fourth-order valence-corrected chi connectivity index (χ4v) is 3.84. The lowest BCUT2D eigenvalue weighted by Gasteiger charge is -2.33. The van der Waals surface area contributed by atoms with Gasteiger partial charge in [-0.1, -0.05) is 11.3 Å². The zero-order valence-electron chi connectivity index (χ0n) is 18.1. The monoisotopic (exact) mass is 492 g/mol. The number of benzene rings is 1. The van der Waals surface area contributed by atoms with Crippen LogP contribution in [-0.4, -0.2) is 38.4 Å². The molecule has 0 spiro atoms. The molecule has 1 amide bonds. The minimum atomic E-state index is -1.04. The maximum absolute atomic E-state index is 12.6. The van der Waals surface area contributed by atoms with E-state index < -0.39 is 29.0 Å². The lowest BCUT2D eigenvalue weighted by atomic mass is 10.0. The van der Waals surface area contributed by atoms with Gasteiger partial charge in [-0.15, -0.1) is 5.10 Å². The fraction of sp³-hybridized carbons (Fsp3) is 0.524. The number of aromatic nitrogens is 3. The molecule has 1 aliphatic heterocycles. The predicted octanol–water partition coefficient (Wildman–Crippen LogP) is 3.89. The standard InChI is InChI=1S/C21H25BrN4O5/c1-19(2,3)31-18(28)23-21(8-9-21)14-11-26(25-24-14)10-12-6-7-13(22)16-15(12)17(27)30-20(4,5)29-16/h6-7,11H,8-10H2,1-5H3,(H,23,28). The van der Waals surface area contributed by atoms with Crippen molar-refractivity contribution in [3.05, 3.63) is 39.6 Å². The van der Waals surface area contributed by atoms with Gasteiger partial charge in [-0.3, -0.25) is 0 Å². The van der Waals surface area contributed by atoms with E-state index in [0.717, 1.165) is 12.8 Å². The van der Waals surface area contributed by atoms with Crippen molar-refractivity contribution in [2.45, 2.75) is 70.9 Å². The number of nitrogens with one attached hydrogen (secondary N) is 1. The van der Waals surface area contributed by atoms with Crippen LogP contribution in [0.25, 0.3) is 0 Å². The lowest BCUT2D eigenvalue weighted by Crippen LogP contribution is -2.39. The molecule has 1 aliphatic carbocycles. The molecule has 1 aromatic carbocycles. The number of alkyl carbamates (subject to hydrolysis) is 1. The Bertz CT molecular complexity index is 1050. The number of halogens is 1. The summed E-state index contributed by atoms with van der Waals surface area (Å²) in [6.45, 7) is 9.11. The number of esters is 1. The third-order valence-electron chi connectivity index (χ3n) is 4.94. The van der Waals surface area contributed by atoms with Gasteiger partial charge in [0, 0.05) is 13.8 Å². The third-order valence-corrected chi connectivity index (χ3v) is 5.56. The van der Waals surface area contributed by atoms with Crippen LogP contribution in [-0.2, 0) is 21.6 Å². The molecule has 1 aromatic heterocycles. The molecule has 1 N–H and O–H groups in total. The Morgan fingerprint density at radius 2 is 2.00 bits per heavy atom. The van der Waals surface area contributed by atoms with E-state index in [1.54, 1.807) is 24.7 Å². The zero-order valence-corrected chi connectivity index (χ0v) is 19.7. The SMILES string of the molecule is CC(C)(C)OC(=O)NC1(c2cn(Cc3ccc(Br)c4c3C(=O)OC(C)(C)O4)nn2)CC1. The highest BCUT2D eigenvalue weighted by Gasteiger charge is 2.49. The molecular weight excluding hydrogens is 468 g/mol. The van der Waals surface area contributed by atoms with E-state index >= 15 is 0 Å². The number of cyclic esters (lactones) is 1. The van der Waals surface area contributed by atoms with Crippen LogP contribution in [0.5, 0.6) is 5.75 Å². The molecule has 2 aromatic rings. The van der Waals surface area contributed by atoms with E-state index in [9.17, 15) is 9.59 Å². The second kappa shape index (κ2) is 7.22. The molecule has 10 heteroatoms. The van der Waals surface area contributed by atoms with E-state index in [-0.39, 0.29) is 0 Å². The molecule has 0 bridgehead atoms. The fourth-order valence-electron chi connectivity index (χ4n) is 3.43. The van der Waals surface area contributed by atoms with Gasteiger partial charge < -0.3 is 19.5 Å². The van der Waals surface area contributed by atoms with Gasteiger partial charge in [0.2, 0.25) is 5.79 Å². The van der Waals surface area contributed by atoms with Gasteiger partial charge in [-0.25, -0.2) is 14.3 Å². The van der Waals surface area contributed by atoms with Crippen molar-refractivity contribution in [2.75, 3.05) is 0 Å². The molecule has 1 saturated carbocycles. The Kier molecular flexibility index (Phi) is 5.03. The van der Waals surface area contributed by atoms with E-state index in [1.807, 2.05) is 32.9 Å². The van der Waals surface area contributed by atoms with Gasteiger partial charge in [-0.2, -0.15) is 0 Å². The van der Waals surface area contributed by atoms with Crippen molar-refractivity contribution in [2.24, 2.45) is 0 Å². The average Bonchev–Trinajstić information content (AvgIpc) is 3.22. The number of hydrogen-bond acceptors (Lipinski definition) is 7. The summed E-state index contributed by atoms with van der Waals surface area (Å²) in [4.78, 5) is 24.9. The number of carbonyl (C=O) groups is 2. The number of ether oxygens (including phenoxy) is 3. The molecule has 0 atom stereocenters. The maximum atomic E-state index is 12.6. The van der Waals surface area contributed by atoms with Crippen molar-refractivity contribution in [1.82, 2.24) is 20.3 Å². The van der Waals surface area contributed by atoms with Gasteiger partial charge in [0.1, 0.15) is 16.9 Å². The van der Waals surface area contributed by atoms with Crippen LogP contribution in [0.15, 0.2) is 22.8 Å². The largest absolute Gasteiger partial charge is 0.451 e. The van der Waals surface area contributed by atoms with Crippen LogP contribution in [0.1, 0.15) is 69.1 Å². The highest BCUT2D eigenvalue weighted by molar-refractivity contribution is 9.10. The Morgan fingerprint density at radius 1 is 1.29 bits per heavy atom. The molecule has 0 radical (unpaired) electrons. The van der Waals surface area contributed by atoms with E-state index in [2.05, 4.69) is 31.6 Å². The quantitative estimate of drug-likeness (QED) is 0.645. The number of carbonyl (C=O) groups excluding carboxylic acids is 2. The molecule has 1 fully saturated rings. The van der Waals surface area contributed by atoms with Gasteiger partial charge in [-0.05, 0) is 61.2 Å². The highest BCUT2D eigenvalue weighted by atomic mass is 79.9. The molecule has 0 saturated heterocycles. The summed E-state index contributed by atoms with van der Waals surface area (Å²) in [6, 6.07) is 3.65. The smallest absolute Gasteiger partial charge is 0.408 e. The molecule has 2 aliphatic rings. The van der Waals surface area contributed by atoms with Gasteiger partial charge in [0.25, 0.3) is 0 Å².